The van der Waals surface area contributed by atoms with Crippen molar-refractivity contribution < 1.29 is 8.78 Å². The van der Waals surface area contributed by atoms with Crippen molar-refractivity contribution in [3.05, 3.63) is 10.0 Å². The molecule has 0 aliphatic rings. The third kappa shape index (κ3) is 2.64. The van der Waals surface area contributed by atoms with Crippen LogP contribution in [0.1, 0.15) is 22.9 Å². The maximum atomic E-state index is 12.0. The van der Waals surface area contributed by atoms with E-state index in [1.54, 1.807) is 0 Å². The van der Waals surface area contributed by atoms with Crippen LogP contribution in [0.15, 0.2) is 0 Å². The van der Waals surface area contributed by atoms with Crippen molar-refractivity contribution in [3.63, 3.8) is 0 Å². The third-order valence-electron chi connectivity index (χ3n) is 1.19. The molecule has 6 heteroatoms. The van der Waals surface area contributed by atoms with E-state index < -0.39 is 6.43 Å². The molecule has 0 fully saturated rings. The molecule has 2 nitrogen and oxygen atoms in total. The van der Waals surface area contributed by atoms with E-state index in [9.17, 15) is 8.78 Å². The van der Waals surface area contributed by atoms with Crippen LogP contribution in [-0.2, 0) is 6.42 Å². The Morgan fingerprint density at radius 1 is 1.42 bits per heavy atom. The van der Waals surface area contributed by atoms with Gasteiger partial charge >= 0.3 is 0 Å². The fourth-order valence-electron chi connectivity index (χ4n) is 0.674. The van der Waals surface area contributed by atoms with Crippen LogP contribution in [0.3, 0.4) is 0 Å². The highest BCUT2D eigenvalue weighted by molar-refractivity contribution is 7.11. The lowest BCUT2D eigenvalue weighted by atomic mass is 10.4. The molecular formula is C6H7ClF2N2S. The minimum absolute atomic E-state index is 0.209. The second-order valence-corrected chi connectivity index (χ2v) is 3.60. The lowest BCUT2D eigenvalue weighted by Crippen LogP contribution is -1.84. The minimum atomic E-state index is -2.51. The van der Waals surface area contributed by atoms with E-state index in [1.165, 1.54) is 0 Å². The summed E-state index contributed by atoms with van der Waals surface area (Å²) in [4.78, 5) is 0. The predicted molar refractivity (Wildman–Crippen MR) is 43.9 cm³/mol. The first kappa shape index (κ1) is 9.80. The van der Waals surface area contributed by atoms with E-state index in [2.05, 4.69) is 10.2 Å². The van der Waals surface area contributed by atoms with Crippen molar-refractivity contribution in [1.29, 1.82) is 0 Å². The monoisotopic (exact) mass is 212 g/mol. The molecule has 1 aromatic heterocycles. The molecule has 68 valence electrons. The predicted octanol–water partition coefficient (Wildman–Crippen LogP) is 2.65. The molecule has 0 aliphatic carbocycles. The number of halogens is 3. The van der Waals surface area contributed by atoms with Crippen LogP contribution in [0.4, 0.5) is 8.78 Å². The maximum absolute atomic E-state index is 12.0. The summed E-state index contributed by atoms with van der Waals surface area (Å²) in [6.07, 6.45) is -1.12. The highest BCUT2D eigenvalue weighted by Gasteiger charge is 2.13. The van der Waals surface area contributed by atoms with Gasteiger partial charge in [0.1, 0.15) is 5.01 Å². The topological polar surface area (TPSA) is 25.8 Å². The highest BCUT2D eigenvalue weighted by Crippen LogP contribution is 2.22. The molecule has 0 amide bonds. The first-order chi connectivity index (χ1) is 5.74. The Hall–Kier alpha value is -0.290. The Balaban J connectivity index is 2.52. The van der Waals surface area contributed by atoms with E-state index in [0.29, 0.717) is 17.3 Å². The first-order valence-corrected chi connectivity index (χ1v) is 4.75. The van der Waals surface area contributed by atoms with Crippen molar-refractivity contribution in [2.75, 3.05) is 5.88 Å². The summed E-state index contributed by atoms with van der Waals surface area (Å²) in [5.41, 5.74) is 0. The van der Waals surface area contributed by atoms with Gasteiger partial charge in [0.2, 0.25) is 0 Å². The van der Waals surface area contributed by atoms with Crippen LogP contribution in [0.5, 0.6) is 0 Å². The molecule has 0 spiro atoms. The van der Waals surface area contributed by atoms with Crippen molar-refractivity contribution in [3.8, 4) is 0 Å². The lowest BCUT2D eigenvalue weighted by Gasteiger charge is -1.88. The summed E-state index contributed by atoms with van der Waals surface area (Å²) in [6.45, 7) is 0. The molecule has 0 saturated carbocycles. The Bertz CT molecular complexity index is 241. The molecule has 0 atom stereocenters. The smallest absolute Gasteiger partial charge is 0.202 e. The number of hydrogen-bond donors (Lipinski definition) is 0. The summed E-state index contributed by atoms with van der Waals surface area (Å²) in [5.74, 6) is 0.517. The van der Waals surface area contributed by atoms with Crippen LogP contribution in [-0.4, -0.2) is 16.1 Å². The summed E-state index contributed by atoms with van der Waals surface area (Å²) >= 11 is 6.38. The summed E-state index contributed by atoms with van der Waals surface area (Å²) in [5, 5.41) is 7.37. The number of aromatic nitrogens is 2. The molecule has 1 heterocycles. The van der Waals surface area contributed by atoms with Gasteiger partial charge in [-0.25, -0.2) is 8.78 Å². The molecule has 12 heavy (non-hydrogen) atoms. The van der Waals surface area contributed by atoms with Crippen LogP contribution >= 0.6 is 22.9 Å². The SMILES string of the molecule is FC(F)c1nnc(CCCCl)s1. The molecule has 0 aromatic carbocycles. The fourth-order valence-corrected chi connectivity index (χ4v) is 1.55. The first-order valence-electron chi connectivity index (χ1n) is 3.40. The average molecular weight is 213 g/mol. The van der Waals surface area contributed by atoms with Gasteiger partial charge in [0, 0.05) is 12.3 Å². The number of hydrogen-bond acceptors (Lipinski definition) is 3. The van der Waals surface area contributed by atoms with E-state index >= 15 is 0 Å². The van der Waals surface area contributed by atoms with Gasteiger partial charge in [-0.1, -0.05) is 11.3 Å². The molecular weight excluding hydrogens is 206 g/mol. The lowest BCUT2D eigenvalue weighted by molar-refractivity contribution is 0.150. The normalized spacial score (nSPS) is 11.0. The van der Waals surface area contributed by atoms with Gasteiger partial charge in [0.25, 0.3) is 6.43 Å². The number of alkyl halides is 3. The van der Waals surface area contributed by atoms with Gasteiger partial charge in [0.15, 0.2) is 5.01 Å². The Morgan fingerprint density at radius 2 is 2.17 bits per heavy atom. The fraction of sp³-hybridized carbons (Fsp3) is 0.667. The van der Waals surface area contributed by atoms with Gasteiger partial charge in [-0.05, 0) is 6.42 Å². The largest absolute Gasteiger partial charge is 0.291 e. The van der Waals surface area contributed by atoms with E-state index in [4.69, 9.17) is 11.6 Å². The summed E-state index contributed by atoms with van der Waals surface area (Å²) < 4.78 is 24.0. The Morgan fingerprint density at radius 3 is 2.67 bits per heavy atom. The van der Waals surface area contributed by atoms with Crippen molar-refractivity contribution in [2.45, 2.75) is 19.3 Å². The molecule has 1 rings (SSSR count). The quantitative estimate of drug-likeness (QED) is 0.718. The number of aryl methyl sites for hydroxylation is 1. The molecule has 0 unspecified atom stereocenters. The average Bonchev–Trinajstić information content (AvgIpc) is 2.48. The molecule has 0 aliphatic heterocycles. The van der Waals surface area contributed by atoms with E-state index in [-0.39, 0.29) is 5.01 Å². The van der Waals surface area contributed by atoms with Crippen molar-refractivity contribution in [1.82, 2.24) is 10.2 Å². The van der Waals surface area contributed by atoms with E-state index in [1.807, 2.05) is 0 Å². The molecule has 0 saturated heterocycles. The second kappa shape index (κ2) is 4.67. The Kier molecular flexibility index (Phi) is 3.81. The van der Waals surface area contributed by atoms with Crippen molar-refractivity contribution >= 4 is 22.9 Å². The van der Waals surface area contributed by atoms with Crippen LogP contribution in [0.2, 0.25) is 0 Å². The summed E-state index contributed by atoms with van der Waals surface area (Å²) in [6, 6.07) is 0. The zero-order valence-electron chi connectivity index (χ0n) is 6.14. The van der Waals surface area contributed by atoms with Crippen LogP contribution in [0, 0.1) is 0 Å². The summed E-state index contributed by atoms with van der Waals surface area (Å²) in [7, 11) is 0. The minimum Gasteiger partial charge on any atom is -0.202 e. The van der Waals surface area contributed by atoms with Gasteiger partial charge in [-0.3, -0.25) is 0 Å². The second-order valence-electron chi connectivity index (χ2n) is 2.13. The maximum Gasteiger partial charge on any atom is 0.291 e. The zero-order chi connectivity index (χ0) is 8.97. The van der Waals surface area contributed by atoms with Crippen LogP contribution in [0.25, 0.3) is 0 Å². The van der Waals surface area contributed by atoms with E-state index in [0.717, 1.165) is 17.8 Å². The molecule has 1 aromatic rings. The van der Waals surface area contributed by atoms with Gasteiger partial charge in [0.05, 0.1) is 0 Å². The third-order valence-corrected chi connectivity index (χ3v) is 2.45. The molecule has 0 radical (unpaired) electrons. The highest BCUT2D eigenvalue weighted by atomic mass is 35.5. The molecule has 0 N–H and O–H groups in total. The standard InChI is InChI=1S/C6H7ClF2N2S/c7-3-1-2-4-10-11-6(12-4)5(8)9/h5H,1-3H2. The zero-order valence-corrected chi connectivity index (χ0v) is 7.71. The number of nitrogens with zero attached hydrogens (tertiary/aromatic N) is 2. The Labute approximate surface area is 77.6 Å². The van der Waals surface area contributed by atoms with Crippen LogP contribution < -0.4 is 0 Å². The number of rotatable bonds is 4. The van der Waals surface area contributed by atoms with Crippen molar-refractivity contribution in [2.24, 2.45) is 0 Å². The molecule has 0 bridgehead atoms. The van der Waals surface area contributed by atoms with Gasteiger partial charge < -0.3 is 0 Å². The van der Waals surface area contributed by atoms with Gasteiger partial charge in [-0.15, -0.1) is 21.8 Å². The van der Waals surface area contributed by atoms with Gasteiger partial charge in [-0.2, -0.15) is 0 Å².